The predicted octanol–water partition coefficient (Wildman–Crippen LogP) is 3.79. The molecule has 0 aliphatic carbocycles. The van der Waals surface area contributed by atoms with E-state index in [4.69, 9.17) is 10.00 Å². The van der Waals surface area contributed by atoms with E-state index in [1.807, 2.05) is 6.07 Å². The van der Waals surface area contributed by atoms with Crippen LogP contribution in [0.15, 0.2) is 47.1 Å². The van der Waals surface area contributed by atoms with Crippen LogP contribution < -0.4 is 10.6 Å². The molecule has 2 N–H and O–H groups in total. The normalized spacial score (nSPS) is 11.8. The lowest BCUT2D eigenvalue weighted by Gasteiger charge is -2.22. The summed E-state index contributed by atoms with van der Waals surface area (Å²) < 4.78 is 5.95. The van der Waals surface area contributed by atoms with E-state index in [-0.39, 0.29) is 6.42 Å². The zero-order valence-electron chi connectivity index (χ0n) is 15.8. The van der Waals surface area contributed by atoms with E-state index in [0.29, 0.717) is 11.4 Å². The second-order valence-corrected chi connectivity index (χ2v) is 7.98. The molecular weight excluding hydrogens is 424 g/mol. The van der Waals surface area contributed by atoms with E-state index in [1.165, 1.54) is 0 Å². The molecule has 2 rings (SSSR count). The summed E-state index contributed by atoms with van der Waals surface area (Å²) >= 11 is 3.31. The molecule has 0 bridgehead atoms. The van der Waals surface area contributed by atoms with Crippen LogP contribution in [-0.4, -0.2) is 28.6 Å². The molecule has 1 atom stereocenters. The van der Waals surface area contributed by atoms with Gasteiger partial charge in [0.1, 0.15) is 17.5 Å². The molecule has 0 aliphatic heterocycles. The largest absolute Gasteiger partial charge is 0.444 e. The van der Waals surface area contributed by atoms with Crippen LogP contribution in [0.5, 0.6) is 0 Å². The molecule has 0 aliphatic rings. The van der Waals surface area contributed by atoms with E-state index < -0.39 is 23.6 Å². The third-order valence-corrected chi connectivity index (χ3v) is 3.96. The van der Waals surface area contributed by atoms with Gasteiger partial charge in [0.05, 0.1) is 11.6 Å². The molecule has 0 saturated carbocycles. The second-order valence-electron chi connectivity index (χ2n) is 7.07. The van der Waals surface area contributed by atoms with Crippen molar-refractivity contribution in [3.8, 4) is 6.07 Å². The first-order valence-electron chi connectivity index (χ1n) is 8.57. The highest BCUT2D eigenvalue weighted by Crippen LogP contribution is 2.14. The number of hydrogen-bond acceptors (Lipinski definition) is 6. The number of imide groups is 1. The lowest BCUT2D eigenvalue weighted by molar-refractivity contribution is -0.121. The van der Waals surface area contributed by atoms with Crippen LogP contribution in [0, 0.1) is 11.3 Å². The standard InChI is InChI=1S/C20H21BrN4O3/c1-20(2,3)28-19(27)25-18(26)16(24-17-8-7-15(21)12-23-17)10-13-5-4-6-14(9-13)11-22/h4-9,12,16H,10H2,1-3H3,(H,23,24)(H,25,26,27)/t16-/m0/s1. The van der Waals surface area contributed by atoms with Gasteiger partial charge in [-0.15, -0.1) is 0 Å². The van der Waals surface area contributed by atoms with Crippen LogP contribution in [0.4, 0.5) is 10.6 Å². The fourth-order valence-electron chi connectivity index (χ4n) is 2.34. The van der Waals surface area contributed by atoms with E-state index >= 15 is 0 Å². The molecule has 28 heavy (non-hydrogen) atoms. The van der Waals surface area contributed by atoms with Gasteiger partial charge in [-0.1, -0.05) is 12.1 Å². The fourth-order valence-corrected chi connectivity index (χ4v) is 2.58. The van der Waals surface area contributed by atoms with Crippen molar-refractivity contribution in [2.24, 2.45) is 0 Å². The number of amides is 2. The highest BCUT2D eigenvalue weighted by atomic mass is 79.9. The van der Waals surface area contributed by atoms with Gasteiger partial charge in [-0.25, -0.2) is 9.78 Å². The molecule has 0 fully saturated rings. The second kappa shape index (κ2) is 9.33. The van der Waals surface area contributed by atoms with Gasteiger partial charge >= 0.3 is 6.09 Å². The zero-order valence-corrected chi connectivity index (χ0v) is 17.4. The van der Waals surface area contributed by atoms with Crippen molar-refractivity contribution in [2.75, 3.05) is 5.32 Å². The van der Waals surface area contributed by atoms with Crippen LogP contribution in [0.25, 0.3) is 0 Å². The monoisotopic (exact) mass is 444 g/mol. The number of nitrogens with one attached hydrogen (secondary N) is 2. The summed E-state index contributed by atoms with van der Waals surface area (Å²) in [7, 11) is 0. The summed E-state index contributed by atoms with van der Waals surface area (Å²) in [5, 5.41) is 14.4. The van der Waals surface area contributed by atoms with Crippen molar-refractivity contribution in [1.29, 1.82) is 5.26 Å². The number of rotatable bonds is 5. The Kier molecular flexibility index (Phi) is 7.12. The number of anilines is 1. The fraction of sp³-hybridized carbons (Fsp3) is 0.300. The number of hydrogen-bond donors (Lipinski definition) is 2. The number of nitrogens with zero attached hydrogens (tertiary/aromatic N) is 2. The van der Waals surface area contributed by atoms with Gasteiger partial charge in [0, 0.05) is 17.1 Å². The van der Waals surface area contributed by atoms with E-state index in [0.717, 1.165) is 10.0 Å². The molecule has 0 spiro atoms. The summed E-state index contributed by atoms with van der Waals surface area (Å²) in [6, 6.07) is 11.7. The predicted molar refractivity (Wildman–Crippen MR) is 109 cm³/mol. The summed E-state index contributed by atoms with van der Waals surface area (Å²) in [4.78, 5) is 28.9. The van der Waals surface area contributed by atoms with Gasteiger partial charge in [-0.3, -0.25) is 10.1 Å². The highest BCUT2D eigenvalue weighted by Gasteiger charge is 2.24. The number of aromatic nitrogens is 1. The maximum absolute atomic E-state index is 12.7. The molecule has 2 amide bonds. The maximum Gasteiger partial charge on any atom is 0.414 e. The quantitative estimate of drug-likeness (QED) is 0.726. The average Bonchev–Trinajstić information content (AvgIpc) is 2.61. The summed E-state index contributed by atoms with van der Waals surface area (Å²) in [6.07, 6.45) is 1.03. The summed E-state index contributed by atoms with van der Waals surface area (Å²) in [5.41, 5.74) is 0.542. The SMILES string of the molecule is CC(C)(C)OC(=O)NC(=O)[C@H](Cc1cccc(C#N)c1)Nc1ccc(Br)cn1. The van der Waals surface area contributed by atoms with Crippen molar-refractivity contribution >= 4 is 33.7 Å². The van der Waals surface area contributed by atoms with Gasteiger partial charge in [0.2, 0.25) is 0 Å². The Morgan fingerprint density at radius 2 is 2.04 bits per heavy atom. The van der Waals surface area contributed by atoms with Gasteiger partial charge in [-0.2, -0.15) is 5.26 Å². The Morgan fingerprint density at radius 1 is 1.29 bits per heavy atom. The molecular formula is C20H21BrN4O3. The van der Waals surface area contributed by atoms with Crippen molar-refractivity contribution < 1.29 is 14.3 Å². The van der Waals surface area contributed by atoms with E-state index in [1.54, 1.807) is 57.3 Å². The summed E-state index contributed by atoms with van der Waals surface area (Å²) in [6.45, 7) is 5.14. The van der Waals surface area contributed by atoms with Gasteiger partial charge in [-0.05, 0) is 66.5 Å². The third-order valence-electron chi connectivity index (χ3n) is 3.49. The van der Waals surface area contributed by atoms with Crippen LogP contribution in [-0.2, 0) is 16.0 Å². The lowest BCUT2D eigenvalue weighted by atomic mass is 10.0. The molecule has 1 aromatic carbocycles. The Hall–Kier alpha value is -2.92. The zero-order chi connectivity index (χ0) is 20.7. The molecule has 1 heterocycles. The van der Waals surface area contributed by atoms with Crippen LogP contribution >= 0.6 is 15.9 Å². The number of ether oxygens (including phenoxy) is 1. The molecule has 1 aromatic heterocycles. The Morgan fingerprint density at radius 3 is 2.64 bits per heavy atom. The van der Waals surface area contributed by atoms with Gasteiger partial charge in [0.25, 0.3) is 5.91 Å². The Labute approximate surface area is 172 Å². The number of alkyl carbamates (subject to hydrolysis) is 1. The van der Waals surface area contributed by atoms with Crippen molar-refractivity contribution in [3.05, 3.63) is 58.2 Å². The first kappa shape index (κ1) is 21.4. The van der Waals surface area contributed by atoms with Crippen molar-refractivity contribution in [2.45, 2.75) is 38.8 Å². The third kappa shape index (κ3) is 7.00. The number of pyridine rings is 1. The molecule has 0 radical (unpaired) electrons. The molecule has 8 heteroatoms. The Balaban J connectivity index is 2.19. The van der Waals surface area contributed by atoms with Gasteiger partial charge < -0.3 is 10.1 Å². The number of halogens is 1. The van der Waals surface area contributed by atoms with E-state index in [9.17, 15) is 9.59 Å². The minimum atomic E-state index is -0.821. The smallest absolute Gasteiger partial charge is 0.414 e. The molecule has 146 valence electrons. The Bertz CT molecular complexity index is 886. The van der Waals surface area contributed by atoms with Crippen LogP contribution in [0.3, 0.4) is 0 Å². The number of benzene rings is 1. The van der Waals surface area contributed by atoms with Crippen LogP contribution in [0.2, 0.25) is 0 Å². The van der Waals surface area contributed by atoms with Crippen molar-refractivity contribution in [3.63, 3.8) is 0 Å². The lowest BCUT2D eigenvalue weighted by Crippen LogP contribution is -2.45. The first-order valence-corrected chi connectivity index (χ1v) is 9.36. The maximum atomic E-state index is 12.7. The van der Waals surface area contributed by atoms with E-state index in [2.05, 4.69) is 37.6 Å². The highest BCUT2D eigenvalue weighted by molar-refractivity contribution is 9.10. The minimum absolute atomic E-state index is 0.252. The van der Waals surface area contributed by atoms with Crippen LogP contribution in [0.1, 0.15) is 31.9 Å². The average molecular weight is 445 g/mol. The number of nitriles is 1. The van der Waals surface area contributed by atoms with Gasteiger partial charge in [0.15, 0.2) is 0 Å². The molecule has 7 nitrogen and oxygen atoms in total. The topological polar surface area (TPSA) is 104 Å². The summed E-state index contributed by atoms with van der Waals surface area (Å²) in [5.74, 6) is -0.0784. The number of carbonyl (C=O) groups excluding carboxylic acids is 2. The molecule has 0 unspecified atom stereocenters. The minimum Gasteiger partial charge on any atom is -0.444 e. The molecule has 2 aromatic rings. The molecule has 0 saturated heterocycles. The van der Waals surface area contributed by atoms with Crippen molar-refractivity contribution in [1.82, 2.24) is 10.3 Å². The first-order chi connectivity index (χ1) is 13.2. The number of carbonyl (C=O) groups is 2.